The van der Waals surface area contributed by atoms with Gasteiger partial charge in [0.2, 0.25) is 5.82 Å². The molecule has 4 rings (SSSR count). The quantitative estimate of drug-likeness (QED) is 0.586. The van der Waals surface area contributed by atoms with E-state index in [1.807, 2.05) is 0 Å². The molecule has 0 saturated carbocycles. The Bertz CT molecular complexity index is 1270. The van der Waals surface area contributed by atoms with Crippen LogP contribution >= 0.6 is 11.6 Å². The minimum absolute atomic E-state index is 0.0815. The number of likely N-dealkylation sites (tertiary alicyclic amines) is 1. The van der Waals surface area contributed by atoms with Crippen LogP contribution in [0.25, 0.3) is 11.4 Å². The number of aryl methyl sites for hydroxylation is 2. The minimum Gasteiger partial charge on any atom is -0.334 e. The summed E-state index contributed by atoms with van der Waals surface area (Å²) in [5.41, 5.74) is 2.13. The van der Waals surface area contributed by atoms with Crippen molar-refractivity contribution in [2.45, 2.75) is 38.0 Å². The summed E-state index contributed by atoms with van der Waals surface area (Å²) >= 11 is 5.97. The van der Waals surface area contributed by atoms with Gasteiger partial charge in [0.05, 0.1) is 10.6 Å². The molecular formula is C22H23ClN4O4S. The SMILES string of the molecule is Cc1cc(Cl)ccc1NS(=O)(=O)c1cc(-c2noc(C(=O)N3CCCCC3)n2)ccc1C. The van der Waals surface area contributed by atoms with Crippen LogP contribution in [0.1, 0.15) is 41.1 Å². The average molecular weight is 475 g/mol. The molecule has 1 aliphatic heterocycles. The molecule has 1 fully saturated rings. The lowest BCUT2D eigenvalue weighted by molar-refractivity contribution is 0.0674. The highest BCUT2D eigenvalue weighted by atomic mass is 35.5. The first kappa shape index (κ1) is 22.3. The summed E-state index contributed by atoms with van der Waals surface area (Å²) in [6.45, 7) is 4.81. The summed E-state index contributed by atoms with van der Waals surface area (Å²) in [6, 6.07) is 9.76. The normalized spacial score (nSPS) is 14.4. The second-order valence-electron chi connectivity index (χ2n) is 7.82. The van der Waals surface area contributed by atoms with E-state index in [-0.39, 0.29) is 22.5 Å². The molecule has 1 aliphatic rings. The zero-order chi connectivity index (χ0) is 22.9. The molecule has 168 valence electrons. The highest BCUT2D eigenvalue weighted by molar-refractivity contribution is 7.92. The molecule has 0 spiro atoms. The van der Waals surface area contributed by atoms with Gasteiger partial charge in [-0.25, -0.2) is 8.42 Å². The van der Waals surface area contributed by atoms with Crippen molar-refractivity contribution in [1.29, 1.82) is 0 Å². The van der Waals surface area contributed by atoms with Crippen molar-refractivity contribution in [2.75, 3.05) is 17.8 Å². The number of amides is 1. The number of rotatable bonds is 5. The molecule has 2 aromatic carbocycles. The van der Waals surface area contributed by atoms with Crippen molar-refractivity contribution in [1.82, 2.24) is 15.0 Å². The maximum Gasteiger partial charge on any atom is 0.316 e. The summed E-state index contributed by atoms with van der Waals surface area (Å²) in [5.74, 6) is -0.241. The van der Waals surface area contributed by atoms with E-state index in [1.54, 1.807) is 49.1 Å². The maximum absolute atomic E-state index is 13.1. The van der Waals surface area contributed by atoms with Gasteiger partial charge < -0.3 is 9.42 Å². The summed E-state index contributed by atoms with van der Waals surface area (Å²) < 4.78 is 34.0. The van der Waals surface area contributed by atoms with E-state index in [9.17, 15) is 13.2 Å². The van der Waals surface area contributed by atoms with Crippen LogP contribution < -0.4 is 4.72 Å². The van der Waals surface area contributed by atoms with Crippen molar-refractivity contribution in [3.05, 3.63) is 58.4 Å². The fourth-order valence-corrected chi connectivity index (χ4v) is 5.26. The Morgan fingerprint density at radius 2 is 1.81 bits per heavy atom. The molecule has 0 radical (unpaired) electrons. The van der Waals surface area contributed by atoms with E-state index >= 15 is 0 Å². The number of hydrogen-bond donors (Lipinski definition) is 1. The number of carbonyl (C=O) groups is 1. The number of nitrogens with zero attached hydrogens (tertiary/aromatic N) is 3. The van der Waals surface area contributed by atoms with Gasteiger partial charge in [-0.3, -0.25) is 9.52 Å². The topological polar surface area (TPSA) is 105 Å². The standard InChI is InChI=1S/C22H23ClN4O4S/c1-14-6-7-16(20-24-21(31-25-20)22(28)27-10-4-3-5-11-27)13-19(14)32(29,30)26-18-9-8-17(23)12-15(18)2/h6-9,12-13,26H,3-5,10-11H2,1-2H3. The number of carbonyl (C=O) groups excluding carboxylic acids is 1. The third-order valence-corrected chi connectivity index (χ3v) is 7.16. The first-order valence-corrected chi connectivity index (χ1v) is 12.1. The highest BCUT2D eigenvalue weighted by Gasteiger charge is 2.25. The van der Waals surface area contributed by atoms with E-state index in [2.05, 4.69) is 14.9 Å². The number of piperidine rings is 1. The van der Waals surface area contributed by atoms with Crippen LogP contribution in [0, 0.1) is 13.8 Å². The lowest BCUT2D eigenvalue weighted by Gasteiger charge is -2.24. The summed E-state index contributed by atoms with van der Waals surface area (Å²) in [6.07, 6.45) is 3.00. The molecule has 8 nitrogen and oxygen atoms in total. The molecule has 1 N–H and O–H groups in total. The Labute approximate surface area is 191 Å². The van der Waals surface area contributed by atoms with E-state index in [1.165, 1.54) is 6.07 Å². The third kappa shape index (κ3) is 4.63. The van der Waals surface area contributed by atoms with Crippen LogP contribution in [0.5, 0.6) is 0 Å². The number of aromatic nitrogens is 2. The number of sulfonamides is 1. The largest absolute Gasteiger partial charge is 0.334 e. The molecule has 1 saturated heterocycles. The van der Waals surface area contributed by atoms with Crippen LogP contribution in [-0.2, 0) is 10.0 Å². The molecule has 10 heteroatoms. The van der Waals surface area contributed by atoms with Gasteiger partial charge in [0, 0.05) is 23.7 Å². The molecule has 1 amide bonds. The second kappa shape index (κ2) is 8.91. The molecule has 0 bridgehead atoms. The Balaban J connectivity index is 1.61. The van der Waals surface area contributed by atoms with Crippen molar-refractivity contribution in [3.8, 4) is 11.4 Å². The Morgan fingerprint density at radius 3 is 2.53 bits per heavy atom. The van der Waals surface area contributed by atoms with E-state index < -0.39 is 10.0 Å². The van der Waals surface area contributed by atoms with Crippen molar-refractivity contribution < 1.29 is 17.7 Å². The van der Waals surface area contributed by atoms with Crippen LogP contribution in [0.4, 0.5) is 5.69 Å². The van der Waals surface area contributed by atoms with Gasteiger partial charge in [-0.15, -0.1) is 0 Å². The van der Waals surface area contributed by atoms with Gasteiger partial charge >= 0.3 is 11.8 Å². The number of nitrogens with one attached hydrogen (secondary N) is 1. The average Bonchev–Trinajstić information content (AvgIpc) is 3.26. The molecule has 0 unspecified atom stereocenters. The smallest absolute Gasteiger partial charge is 0.316 e. The molecule has 3 aromatic rings. The Morgan fingerprint density at radius 1 is 1.06 bits per heavy atom. The zero-order valence-corrected chi connectivity index (χ0v) is 19.3. The van der Waals surface area contributed by atoms with Gasteiger partial charge in [0.1, 0.15) is 0 Å². The monoisotopic (exact) mass is 474 g/mol. The fourth-order valence-electron chi connectivity index (χ4n) is 3.63. The molecule has 0 atom stereocenters. The third-order valence-electron chi connectivity index (χ3n) is 5.42. The lowest BCUT2D eigenvalue weighted by atomic mass is 10.1. The number of benzene rings is 2. The van der Waals surface area contributed by atoms with Gasteiger partial charge in [0.25, 0.3) is 10.0 Å². The molecule has 0 aliphatic carbocycles. The van der Waals surface area contributed by atoms with Crippen LogP contribution in [-0.4, -0.2) is 42.5 Å². The van der Waals surface area contributed by atoms with Gasteiger partial charge in [0.15, 0.2) is 0 Å². The van der Waals surface area contributed by atoms with Gasteiger partial charge in [-0.2, -0.15) is 4.98 Å². The van der Waals surface area contributed by atoms with E-state index in [4.69, 9.17) is 16.1 Å². The second-order valence-corrected chi connectivity index (χ2v) is 9.91. The van der Waals surface area contributed by atoms with E-state index in [0.717, 1.165) is 19.3 Å². The number of halogens is 1. The van der Waals surface area contributed by atoms with Crippen molar-refractivity contribution >= 4 is 33.2 Å². The first-order valence-electron chi connectivity index (χ1n) is 10.3. The molecule has 32 heavy (non-hydrogen) atoms. The summed E-state index contributed by atoms with van der Waals surface area (Å²) in [4.78, 5) is 18.6. The van der Waals surface area contributed by atoms with Crippen LogP contribution in [0.2, 0.25) is 5.02 Å². The Hall–Kier alpha value is -2.91. The highest BCUT2D eigenvalue weighted by Crippen LogP contribution is 2.27. The fraction of sp³-hybridized carbons (Fsp3) is 0.318. The molecule has 1 aromatic heterocycles. The maximum atomic E-state index is 13.1. The molecular weight excluding hydrogens is 452 g/mol. The first-order chi connectivity index (χ1) is 15.2. The van der Waals surface area contributed by atoms with E-state index in [0.29, 0.717) is 40.5 Å². The Kier molecular flexibility index (Phi) is 6.21. The van der Waals surface area contributed by atoms with Gasteiger partial charge in [-0.1, -0.05) is 28.9 Å². The van der Waals surface area contributed by atoms with Crippen LogP contribution in [0.15, 0.2) is 45.8 Å². The summed E-state index contributed by atoms with van der Waals surface area (Å²) in [7, 11) is -3.89. The lowest BCUT2D eigenvalue weighted by Crippen LogP contribution is -2.35. The minimum atomic E-state index is -3.89. The zero-order valence-electron chi connectivity index (χ0n) is 17.8. The summed E-state index contributed by atoms with van der Waals surface area (Å²) in [5, 5.41) is 4.42. The van der Waals surface area contributed by atoms with Crippen molar-refractivity contribution in [3.63, 3.8) is 0 Å². The van der Waals surface area contributed by atoms with Gasteiger partial charge in [-0.05, 0) is 68.5 Å². The predicted molar refractivity (Wildman–Crippen MR) is 121 cm³/mol. The molecule has 2 heterocycles. The number of hydrogen-bond acceptors (Lipinski definition) is 6. The predicted octanol–water partition coefficient (Wildman–Crippen LogP) is 4.43. The number of anilines is 1. The van der Waals surface area contributed by atoms with Crippen molar-refractivity contribution in [2.24, 2.45) is 0 Å². The van der Waals surface area contributed by atoms with Crippen LogP contribution in [0.3, 0.4) is 0 Å².